The molecule has 27 heavy (non-hydrogen) atoms. The highest BCUT2D eigenvalue weighted by Gasteiger charge is 2.44. The van der Waals surface area contributed by atoms with Crippen LogP contribution >= 0.6 is 0 Å². The smallest absolute Gasteiger partial charge is 0.335 e. The van der Waals surface area contributed by atoms with E-state index >= 15 is 0 Å². The fraction of sp³-hybridized carbons (Fsp3) is 0.300. The lowest BCUT2D eigenvalue weighted by atomic mass is 10.1. The first kappa shape index (κ1) is 18.6. The first-order valence-corrected chi connectivity index (χ1v) is 8.42. The van der Waals surface area contributed by atoms with Crippen molar-refractivity contribution in [3.63, 3.8) is 0 Å². The van der Waals surface area contributed by atoms with Gasteiger partial charge in [-0.1, -0.05) is 12.1 Å². The lowest BCUT2D eigenvalue weighted by molar-refractivity contribution is -0.117. The molecule has 0 aliphatic heterocycles. The van der Waals surface area contributed by atoms with Gasteiger partial charge in [0.05, 0.1) is 32.6 Å². The Balaban J connectivity index is 1.80. The lowest BCUT2D eigenvalue weighted by Gasteiger charge is -2.15. The molecule has 0 bridgehead atoms. The average molecular weight is 371 g/mol. The number of ether oxygens (including phenoxy) is 3. The maximum atomic E-state index is 12.7. The van der Waals surface area contributed by atoms with E-state index in [1.165, 1.54) is 26.4 Å². The Labute approximate surface area is 156 Å². The molecule has 1 fully saturated rings. The third-order valence-corrected chi connectivity index (χ3v) is 4.63. The van der Waals surface area contributed by atoms with E-state index in [1.807, 2.05) is 24.3 Å². The van der Waals surface area contributed by atoms with Crippen molar-refractivity contribution in [3.05, 3.63) is 47.5 Å². The van der Waals surface area contributed by atoms with Gasteiger partial charge >= 0.3 is 5.97 Å². The number of carbonyl (C=O) groups excluding carboxylic acids is 1. The maximum Gasteiger partial charge on any atom is 0.335 e. The maximum absolute atomic E-state index is 12.7. The van der Waals surface area contributed by atoms with Gasteiger partial charge in [-0.3, -0.25) is 4.79 Å². The Hall–Kier alpha value is -3.22. The number of carboxylic acid groups (broad SMARTS) is 1. The van der Waals surface area contributed by atoms with Crippen molar-refractivity contribution in [2.75, 3.05) is 26.6 Å². The Morgan fingerprint density at radius 3 is 2.48 bits per heavy atom. The van der Waals surface area contributed by atoms with Crippen LogP contribution in [0.3, 0.4) is 0 Å². The summed E-state index contributed by atoms with van der Waals surface area (Å²) < 4.78 is 15.7. The van der Waals surface area contributed by atoms with Gasteiger partial charge in [-0.05, 0) is 42.2 Å². The first-order valence-electron chi connectivity index (χ1n) is 8.42. The number of methoxy groups -OCH3 is 3. The number of amides is 1. The number of anilines is 1. The molecule has 2 aromatic rings. The van der Waals surface area contributed by atoms with Gasteiger partial charge in [0.15, 0.2) is 11.5 Å². The molecular formula is C20H21NO6. The molecule has 7 heteroatoms. The molecule has 0 radical (unpaired) electrons. The van der Waals surface area contributed by atoms with E-state index in [0.29, 0.717) is 0 Å². The number of hydrogen-bond donors (Lipinski definition) is 2. The molecule has 0 spiro atoms. The van der Waals surface area contributed by atoms with Crippen molar-refractivity contribution in [1.29, 1.82) is 0 Å². The first-order chi connectivity index (χ1) is 13.0. The van der Waals surface area contributed by atoms with Gasteiger partial charge in [0, 0.05) is 5.92 Å². The summed E-state index contributed by atoms with van der Waals surface area (Å²) in [5, 5.41) is 12.1. The van der Waals surface area contributed by atoms with Gasteiger partial charge < -0.3 is 24.6 Å². The molecule has 2 aromatic carbocycles. The predicted molar refractivity (Wildman–Crippen MR) is 99.0 cm³/mol. The summed E-state index contributed by atoms with van der Waals surface area (Å²) >= 11 is 0. The molecule has 3 rings (SSSR count). The largest absolute Gasteiger partial charge is 0.497 e. The van der Waals surface area contributed by atoms with E-state index in [1.54, 1.807) is 7.11 Å². The number of rotatable bonds is 7. The fourth-order valence-electron chi connectivity index (χ4n) is 3.13. The molecule has 0 heterocycles. The third-order valence-electron chi connectivity index (χ3n) is 4.63. The molecule has 2 N–H and O–H groups in total. The molecular weight excluding hydrogens is 350 g/mol. The number of benzene rings is 2. The molecule has 2 atom stereocenters. The topological polar surface area (TPSA) is 94.1 Å². The van der Waals surface area contributed by atoms with Crippen molar-refractivity contribution in [3.8, 4) is 17.2 Å². The molecule has 1 aliphatic carbocycles. The molecule has 142 valence electrons. The van der Waals surface area contributed by atoms with Crippen LogP contribution in [0.4, 0.5) is 5.69 Å². The van der Waals surface area contributed by atoms with Gasteiger partial charge in [-0.25, -0.2) is 4.79 Å². The second-order valence-electron chi connectivity index (χ2n) is 6.28. The molecule has 1 aliphatic rings. The zero-order valence-electron chi connectivity index (χ0n) is 15.3. The van der Waals surface area contributed by atoms with Gasteiger partial charge in [0.2, 0.25) is 5.91 Å². The fourth-order valence-corrected chi connectivity index (χ4v) is 3.13. The van der Waals surface area contributed by atoms with Crippen LogP contribution in [-0.4, -0.2) is 38.3 Å². The SMILES string of the molecule is COc1cccc([C@@H]2C[C@@H]2C(=O)Nc2cc(C(=O)O)cc(OC)c2OC)c1. The van der Waals surface area contributed by atoms with E-state index in [0.717, 1.165) is 17.7 Å². The minimum Gasteiger partial charge on any atom is -0.497 e. The van der Waals surface area contributed by atoms with Crippen molar-refractivity contribution in [1.82, 2.24) is 0 Å². The molecule has 0 aromatic heterocycles. The third kappa shape index (κ3) is 3.81. The number of carbonyl (C=O) groups is 2. The van der Waals surface area contributed by atoms with E-state index in [9.17, 15) is 14.7 Å². The summed E-state index contributed by atoms with van der Waals surface area (Å²) in [7, 11) is 4.45. The van der Waals surface area contributed by atoms with Crippen molar-refractivity contribution in [2.24, 2.45) is 5.92 Å². The van der Waals surface area contributed by atoms with E-state index in [2.05, 4.69) is 5.32 Å². The molecule has 0 unspecified atom stereocenters. The highest BCUT2D eigenvalue weighted by molar-refractivity contribution is 5.99. The van der Waals surface area contributed by atoms with Crippen LogP contribution in [0.2, 0.25) is 0 Å². The summed E-state index contributed by atoms with van der Waals surface area (Å²) in [6.45, 7) is 0. The Morgan fingerprint density at radius 2 is 1.85 bits per heavy atom. The monoisotopic (exact) mass is 371 g/mol. The van der Waals surface area contributed by atoms with Gasteiger partial charge in [-0.15, -0.1) is 0 Å². The van der Waals surface area contributed by atoms with E-state index in [4.69, 9.17) is 14.2 Å². The molecule has 7 nitrogen and oxygen atoms in total. The van der Waals surface area contributed by atoms with Crippen LogP contribution in [0.15, 0.2) is 36.4 Å². The van der Waals surface area contributed by atoms with Gasteiger partial charge in [-0.2, -0.15) is 0 Å². The quantitative estimate of drug-likeness (QED) is 0.776. The van der Waals surface area contributed by atoms with Crippen molar-refractivity contribution < 1.29 is 28.9 Å². The van der Waals surface area contributed by atoms with Crippen LogP contribution in [0.25, 0.3) is 0 Å². The Morgan fingerprint density at radius 1 is 1.07 bits per heavy atom. The second kappa shape index (κ2) is 7.57. The average Bonchev–Trinajstić information content (AvgIpc) is 3.48. The van der Waals surface area contributed by atoms with E-state index < -0.39 is 5.97 Å². The van der Waals surface area contributed by atoms with Crippen LogP contribution < -0.4 is 19.5 Å². The summed E-state index contributed by atoms with van der Waals surface area (Å²) in [6, 6.07) is 10.4. The normalized spacial score (nSPS) is 17.7. The predicted octanol–water partition coefficient (Wildman–Crippen LogP) is 3.15. The number of hydrogen-bond acceptors (Lipinski definition) is 5. The summed E-state index contributed by atoms with van der Waals surface area (Å²) in [5.74, 6) is -0.115. The minimum absolute atomic E-state index is 0.00286. The molecule has 1 saturated carbocycles. The van der Waals surface area contributed by atoms with Crippen LogP contribution in [0, 0.1) is 5.92 Å². The van der Waals surface area contributed by atoms with Crippen LogP contribution in [0.1, 0.15) is 28.3 Å². The number of nitrogens with one attached hydrogen (secondary N) is 1. The zero-order chi connectivity index (χ0) is 19.6. The minimum atomic E-state index is -1.12. The van der Waals surface area contributed by atoms with E-state index in [-0.39, 0.29) is 40.5 Å². The second-order valence-corrected chi connectivity index (χ2v) is 6.28. The number of carboxylic acids is 1. The highest BCUT2D eigenvalue weighted by atomic mass is 16.5. The summed E-state index contributed by atoms with van der Waals surface area (Å²) in [5.41, 5.74) is 1.32. The van der Waals surface area contributed by atoms with Gasteiger partial charge in [0.25, 0.3) is 0 Å². The number of aromatic carboxylic acids is 1. The summed E-state index contributed by atoms with van der Waals surface area (Å²) in [6.07, 6.45) is 0.719. The summed E-state index contributed by atoms with van der Waals surface area (Å²) in [4.78, 5) is 24.0. The highest BCUT2D eigenvalue weighted by Crippen LogP contribution is 2.49. The van der Waals surface area contributed by atoms with Gasteiger partial charge in [0.1, 0.15) is 5.75 Å². The molecule has 1 amide bonds. The van der Waals surface area contributed by atoms with Crippen molar-refractivity contribution >= 4 is 17.6 Å². The van der Waals surface area contributed by atoms with Crippen molar-refractivity contribution in [2.45, 2.75) is 12.3 Å². The Bertz CT molecular complexity index is 879. The zero-order valence-corrected chi connectivity index (χ0v) is 15.3. The molecule has 0 saturated heterocycles. The Kier molecular flexibility index (Phi) is 5.21. The standard InChI is InChI=1S/C20H21NO6/c1-25-13-6-4-5-11(7-13)14-10-15(14)19(22)21-16-8-12(20(23)24)9-17(26-2)18(16)27-3/h4-9,14-15H,10H2,1-3H3,(H,21,22)(H,23,24)/t14-,15-/m0/s1. The van der Waals surface area contributed by atoms with Crippen LogP contribution in [0.5, 0.6) is 17.2 Å². The lowest BCUT2D eigenvalue weighted by Crippen LogP contribution is -2.16. The van der Waals surface area contributed by atoms with Crippen LogP contribution in [-0.2, 0) is 4.79 Å².